The number of hydrogen-bond donors (Lipinski definition) is 5. The summed E-state index contributed by atoms with van der Waals surface area (Å²) in [5, 5.41) is 24.1. The minimum atomic E-state index is -3.58. The second-order valence-corrected chi connectivity index (χ2v) is 10.7. The molecule has 1 fully saturated rings. The molecule has 0 radical (unpaired) electrons. The lowest BCUT2D eigenvalue weighted by molar-refractivity contribution is 0.00594. The zero-order valence-electron chi connectivity index (χ0n) is 19.8. The Balaban J connectivity index is 1.51. The van der Waals surface area contributed by atoms with E-state index in [4.69, 9.17) is 0 Å². The molecule has 1 saturated heterocycles. The summed E-state index contributed by atoms with van der Waals surface area (Å²) in [6, 6.07) is 13.9. The molecule has 0 amide bonds. The van der Waals surface area contributed by atoms with E-state index in [1.165, 1.54) is 0 Å². The van der Waals surface area contributed by atoms with Crippen molar-refractivity contribution >= 4 is 10.0 Å². The zero-order valence-corrected chi connectivity index (χ0v) is 20.6. The molecule has 3 aromatic rings. The number of aliphatic hydroxyl groups is 1. The summed E-state index contributed by atoms with van der Waals surface area (Å²) >= 11 is 0. The summed E-state index contributed by atoms with van der Waals surface area (Å²) in [7, 11) is -3.58. The Hall–Kier alpha value is -3.49. The van der Waals surface area contributed by atoms with Gasteiger partial charge in [0.1, 0.15) is 0 Å². The van der Waals surface area contributed by atoms with Gasteiger partial charge in [0.2, 0.25) is 15.8 Å². The molecule has 5 N–H and O–H groups in total. The average Bonchev–Trinajstić information content (AvgIpc) is 2.85. The third kappa shape index (κ3) is 6.38. The number of benzene rings is 2. The van der Waals surface area contributed by atoms with E-state index >= 15 is 0 Å². The third-order valence-electron chi connectivity index (χ3n) is 6.18. The molecule has 1 aliphatic heterocycles. The minimum absolute atomic E-state index is 0.0113. The smallest absolute Gasteiger partial charge is 0.293 e. The van der Waals surface area contributed by atoms with Crippen LogP contribution in [0.1, 0.15) is 46.8 Å². The summed E-state index contributed by atoms with van der Waals surface area (Å²) in [5.74, 6) is 5.66. The average molecular weight is 509 g/mol. The summed E-state index contributed by atoms with van der Waals surface area (Å²) in [4.78, 5) is 17.9. The molecule has 4 rings (SSSR count). The van der Waals surface area contributed by atoms with E-state index < -0.39 is 33.0 Å². The van der Waals surface area contributed by atoms with Crippen LogP contribution >= 0.6 is 0 Å². The fourth-order valence-corrected chi connectivity index (χ4v) is 4.93. The first kappa shape index (κ1) is 25.6. The van der Waals surface area contributed by atoms with E-state index in [1.54, 1.807) is 24.3 Å². The maximum absolute atomic E-state index is 11.9. The highest BCUT2D eigenvalue weighted by Crippen LogP contribution is 2.30. The highest BCUT2D eigenvalue weighted by atomic mass is 32.2. The largest absolute Gasteiger partial charge is 0.502 e. The molecule has 9 nitrogen and oxygen atoms in total. The molecular weight excluding hydrogens is 480 g/mol. The maximum atomic E-state index is 11.9. The van der Waals surface area contributed by atoms with Crippen LogP contribution < -0.4 is 15.6 Å². The van der Waals surface area contributed by atoms with E-state index in [1.807, 2.05) is 24.3 Å². The van der Waals surface area contributed by atoms with Crippen LogP contribution in [-0.4, -0.2) is 47.9 Å². The Morgan fingerprint density at radius 2 is 1.64 bits per heavy atom. The Morgan fingerprint density at radius 1 is 1.06 bits per heavy atom. The predicted molar refractivity (Wildman–Crippen MR) is 136 cm³/mol. The normalized spacial score (nSPS) is 16.1. The summed E-state index contributed by atoms with van der Waals surface area (Å²) in [5.41, 5.74) is 1.66. The van der Waals surface area contributed by atoms with Gasteiger partial charge >= 0.3 is 0 Å². The first-order chi connectivity index (χ1) is 17.1. The molecule has 0 bridgehead atoms. The van der Waals surface area contributed by atoms with Crippen molar-refractivity contribution in [2.45, 2.75) is 30.9 Å². The van der Waals surface area contributed by atoms with Gasteiger partial charge in [-0.1, -0.05) is 36.1 Å². The highest BCUT2D eigenvalue weighted by molar-refractivity contribution is 7.88. The van der Waals surface area contributed by atoms with Crippen molar-refractivity contribution in [1.82, 2.24) is 20.0 Å². The van der Waals surface area contributed by atoms with E-state index in [0.29, 0.717) is 18.4 Å². The van der Waals surface area contributed by atoms with Crippen molar-refractivity contribution in [2.24, 2.45) is 0 Å². The SMILES string of the molecule is CS(=O)(=O)N[C@H](Cc1nc[nH]c(=O)c1O)c1ccc(C#Cc2ccc(C3(O)CCNCC3)cc2)cc1. The highest BCUT2D eigenvalue weighted by Gasteiger charge is 2.30. The molecule has 1 aliphatic rings. The van der Waals surface area contributed by atoms with Gasteiger partial charge in [0.05, 0.1) is 29.9 Å². The van der Waals surface area contributed by atoms with Gasteiger partial charge in [-0.2, -0.15) is 0 Å². The molecule has 1 atom stereocenters. The lowest BCUT2D eigenvalue weighted by atomic mass is 9.85. The number of nitrogens with one attached hydrogen (secondary N) is 3. The number of sulfonamides is 1. The molecule has 10 heteroatoms. The van der Waals surface area contributed by atoms with Crippen LogP contribution in [0.25, 0.3) is 0 Å². The number of aromatic hydroxyl groups is 1. The fourth-order valence-electron chi connectivity index (χ4n) is 4.19. The van der Waals surface area contributed by atoms with Crippen LogP contribution in [0.15, 0.2) is 59.7 Å². The number of piperidine rings is 1. The van der Waals surface area contributed by atoms with Crippen molar-refractivity contribution in [3.8, 4) is 17.6 Å². The second kappa shape index (κ2) is 10.6. The molecule has 2 aromatic carbocycles. The first-order valence-electron chi connectivity index (χ1n) is 11.5. The van der Waals surface area contributed by atoms with Crippen molar-refractivity contribution < 1.29 is 18.6 Å². The quantitative estimate of drug-likeness (QED) is 0.316. The van der Waals surface area contributed by atoms with Gasteiger partial charge in [-0.15, -0.1) is 0 Å². The second-order valence-electron chi connectivity index (χ2n) is 8.90. The van der Waals surface area contributed by atoms with E-state index in [9.17, 15) is 23.4 Å². The van der Waals surface area contributed by atoms with Gasteiger partial charge in [-0.05, 0) is 61.3 Å². The topological polar surface area (TPSA) is 144 Å². The predicted octanol–water partition coefficient (Wildman–Crippen LogP) is 1.28. The van der Waals surface area contributed by atoms with Crippen LogP contribution in [0.4, 0.5) is 0 Å². The van der Waals surface area contributed by atoms with Crippen molar-refractivity contribution in [3.63, 3.8) is 0 Å². The van der Waals surface area contributed by atoms with E-state index in [-0.39, 0.29) is 12.1 Å². The van der Waals surface area contributed by atoms with Crippen LogP contribution in [0, 0.1) is 11.8 Å². The Kier molecular flexibility index (Phi) is 7.56. The van der Waals surface area contributed by atoms with Crippen molar-refractivity contribution in [3.05, 3.63) is 93.2 Å². The minimum Gasteiger partial charge on any atom is -0.502 e. The van der Waals surface area contributed by atoms with Crippen LogP contribution in [0.3, 0.4) is 0 Å². The zero-order chi connectivity index (χ0) is 25.8. The number of aromatic nitrogens is 2. The van der Waals surface area contributed by atoms with Crippen LogP contribution in [0.5, 0.6) is 5.75 Å². The maximum Gasteiger partial charge on any atom is 0.293 e. The van der Waals surface area contributed by atoms with Crippen LogP contribution in [0.2, 0.25) is 0 Å². The van der Waals surface area contributed by atoms with Crippen LogP contribution in [-0.2, 0) is 22.0 Å². The molecule has 2 heterocycles. The van der Waals surface area contributed by atoms with Gasteiger partial charge in [0, 0.05) is 17.5 Å². The number of H-pyrrole nitrogens is 1. The molecule has 0 spiro atoms. The monoisotopic (exact) mass is 508 g/mol. The van der Waals surface area contributed by atoms with Gasteiger partial charge in [0.15, 0.2) is 0 Å². The third-order valence-corrected chi connectivity index (χ3v) is 6.89. The molecular formula is C26H28N4O5S. The summed E-state index contributed by atoms with van der Waals surface area (Å²) < 4.78 is 26.4. The number of nitrogens with zero attached hydrogens (tertiary/aromatic N) is 1. The van der Waals surface area contributed by atoms with Crippen molar-refractivity contribution in [1.29, 1.82) is 0 Å². The Bertz CT molecular complexity index is 1430. The standard InChI is InChI=1S/C26H28N4O5S/c1-36(34,35)30-22(16-23-24(31)25(32)29-17-28-23)20-8-4-18(5-9-20)2-3-19-6-10-21(11-7-19)26(33)12-14-27-15-13-26/h4-11,17,22,27,30-31,33H,12-16H2,1H3,(H,28,29,32)/t22-/m1/s1. The van der Waals surface area contributed by atoms with Crippen molar-refractivity contribution in [2.75, 3.05) is 19.3 Å². The molecule has 0 aliphatic carbocycles. The summed E-state index contributed by atoms with van der Waals surface area (Å²) in [6.45, 7) is 1.58. The fraction of sp³-hybridized carbons (Fsp3) is 0.308. The number of hydrogen-bond acceptors (Lipinski definition) is 7. The van der Waals surface area contributed by atoms with E-state index in [2.05, 4.69) is 31.8 Å². The number of rotatable bonds is 6. The van der Waals surface area contributed by atoms with Gasteiger partial charge < -0.3 is 20.5 Å². The van der Waals surface area contributed by atoms with Gasteiger partial charge in [-0.3, -0.25) is 4.79 Å². The molecule has 1 aromatic heterocycles. The lowest BCUT2D eigenvalue weighted by Crippen LogP contribution is -2.39. The molecule has 0 unspecified atom stereocenters. The van der Waals surface area contributed by atoms with Gasteiger partial charge in [0.25, 0.3) is 5.56 Å². The van der Waals surface area contributed by atoms with Gasteiger partial charge in [-0.25, -0.2) is 18.1 Å². The molecule has 188 valence electrons. The summed E-state index contributed by atoms with van der Waals surface area (Å²) in [6.07, 6.45) is 3.54. The van der Waals surface area contributed by atoms with E-state index in [0.717, 1.165) is 42.4 Å². The number of aromatic amines is 1. The first-order valence-corrected chi connectivity index (χ1v) is 13.4. The molecule has 0 saturated carbocycles. The molecule has 36 heavy (non-hydrogen) atoms. The Labute approximate surface area is 209 Å². The lowest BCUT2D eigenvalue weighted by Gasteiger charge is -2.33. The Morgan fingerprint density at radius 3 is 2.22 bits per heavy atom.